The maximum Gasteiger partial charge on any atom is 0.146 e. The van der Waals surface area contributed by atoms with Crippen molar-refractivity contribution in [2.75, 3.05) is 20.5 Å². The van der Waals surface area contributed by atoms with Crippen LogP contribution in [-0.2, 0) is 14.2 Å². The van der Waals surface area contributed by atoms with Gasteiger partial charge in [0.25, 0.3) is 0 Å². The van der Waals surface area contributed by atoms with Crippen molar-refractivity contribution >= 4 is 0 Å². The van der Waals surface area contributed by atoms with Crippen LogP contribution in [-0.4, -0.2) is 26.6 Å². The fourth-order valence-corrected chi connectivity index (χ4v) is 1.79. The zero-order valence-electron chi connectivity index (χ0n) is 9.23. The summed E-state index contributed by atoms with van der Waals surface area (Å²) in [7, 11) is 1.63. The minimum atomic E-state index is 0.275. The third kappa shape index (κ3) is 3.31. The number of rotatable bonds is 5. The van der Waals surface area contributed by atoms with Gasteiger partial charge in [-0.05, 0) is 18.4 Å². The Morgan fingerprint density at radius 2 is 2.36 bits per heavy atom. The van der Waals surface area contributed by atoms with Gasteiger partial charge >= 0.3 is 0 Å². The van der Waals surface area contributed by atoms with Crippen LogP contribution in [0.25, 0.3) is 0 Å². The molecule has 0 unspecified atom stereocenters. The Bertz CT molecular complexity index is 179. The van der Waals surface area contributed by atoms with Gasteiger partial charge < -0.3 is 14.2 Å². The summed E-state index contributed by atoms with van der Waals surface area (Å²) in [6, 6.07) is 0. The predicted octanol–water partition coefficient (Wildman–Crippen LogP) is 2.18. The summed E-state index contributed by atoms with van der Waals surface area (Å²) in [4.78, 5) is 0. The van der Waals surface area contributed by atoms with Gasteiger partial charge in [0.15, 0.2) is 0 Å². The van der Waals surface area contributed by atoms with Gasteiger partial charge in [0.2, 0.25) is 0 Å². The first-order valence-corrected chi connectivity index (χ1v) is 5.13. The quantitative estimate of drug-likeness (QED) is 0.503. The first-order valence-electron chi connectivity index (χ1n) is 5.13. The molecule has 0 aliphatic carbocycles. The van der Waals surface area contributed by atoms with E-state index in [1.807, 2.05) is 0 Å². The summed E-state index contributed by atoms with van der Waals surface area (Å²) in [5.74, 6) is 0.978. The molecule has 3 heteroatoms. The Balaban J connectivity index is 2.28. The largest absolute Gasteiger partial charge is 0.498 e. The van der Waals surface area contributed by atoms with Crippen molar-refractivity contribution in [3.05, 3.63) is 12.3 Å². The van der Waals surface area contributed by atoms with Crippen molar-refractivity contribution in [2.24, 2.45) is 11.8 Å². The van der Waals surface area contributed by atoms with Gasteiger partial charge in [0, 0.05) is 13.0 Å². The maximum absolute atomic E-state index is 5.58. The van der Waals surface area contributed by atoms with Crippen molar-refractivity contribution in [1.29, 1.82) is 0 Å². The van der Waals surface area contributed by atoms with Gasteiger partial charge in [-0.25, -0.2) is 0 Å². The molecule has 3 atom stereocenters. The van der Waals surface area contributed by atoms with E-state index in [1.54, 1.807) is 13.4 Å². The molecule has 1 rings (SSSR count). The van der Waals surface area contributed by atoms with Gasteiger partial charge in [-0.1, -0.05) is 13.8 Å². The van der Waals surface area contributed by atoms with E-state index < -0.39 is 0 Å². The fraction of sp³-hybridized carbons (Fsp3) is 0.818. The Kier molecular flexibility index (Phi) is 4.98. The number of hydrogen-bond donors (Lipinski definition) is 0. The fourth-order valence-electron chi connectivity index (χ4n) is 1.79. The third-order valence-electron chi connectivity index (χ3n) is 2.54. The van der Waals surface area contributed by atoms with Gasteiger partial charge in [0.1, 0.15) is 12.9 Å². The van der Waals surface area contributed by atoms with E-state index in [2.05, 4.69) is 19.9 Å². The third-order valence-corrected chi connectivity index (χ3v) is 2.54. The molecule has 14 heavy (non-hydrogen) atoms. The number of allylic oxidation sites excluding steroid dienone is 1. The molecule has 0 radical (unpaired) electrons. The zero-order valence-corrected chi connectivity index (χ0v) is 9.23. The van der Waals surface area contributed by atoms with Crippen LogP contribution >= 0.6 is 0 Å². The SMILES string of the molecule is COCOC[C@@H](C)[C@H]1OC=CC[C@H]1C. The standard InChI is InChI=1S/C11H20O3/c1-9-5-4-6-14-11(9)10(2)7-13-8-12-3/h4,6,9-11H,5,7-8H2,1-3H3/t9-,10-,11+/m1/s1. The first-order chi connectivity index (χ1) is 6.75. The molecule has 0 amide bonds. The van der Waals surface area contributed by atoms with Crippen molar-refractivity contribution < 1.29 is 14.2 Å². The molecule has 0 fully saturated rings. The van der Waals surface area contributed by atoms with E-state index in [0.29, 0.717) is 25.2 Å². The molecule has 0 aromatic rings. The smallest absolute Gasteiger partial charge is 0.146 e. The Morgan fingerprint density at radius 1 is 1.57 bits per heavy atom. The van der Waals surface area contributed by atoms with Crippen LogP contribution in [0, 0.1) is 11.8 Å². The van der Waals surface area contributed by atoms with E-state index in [0.717, 1.165) is 6.42 Å². The lowest BCUT2D eigenvalue weighted by atomic mass is 9.90. The summed E-state index contributed by atoms with van der Waals surface area (Å²) >= 11 is 0. The lowest BCUT2D eigenvalue weighted by Crippen LogP contribution is -2.32. The Hall–Kier alpha value is -0.540. The number of methoxy groups -OCH3 is 1. The molecule has 0 spiro atoms. The van der Waals surface area contributed by atoms with Crippen molar-refractivity contribution in [3.8, 4) is 0 Å². The topological polar surface area (TPSA) is 27.7 Å². The summed E-state index contributed by atoms with van der Waals surface area (Å²) < 4.78 is 15.7. The second-order valence-electron chi connectivity index (χ2n) is 3.94. The zero-order chi connectivity index (χ0) is 10.4. The minimum absolute atomic E-state index is 0.275. The van der Waals surface area contributed by atoms with Gasteiger partial charge in [-0.15, -0.1) is 0 Å². The van der Waals surface area contributed by atoms with Crippen molar-refractivity contribution in [3.63, 3.8) is 0 Å². The summed E-state index contributed by atoms with van der Waals surface area (Å²) in [6.07, 6.45) is 5.25. The highest BCUT2D eigenvalue weighted by Gasteiger charge is 2.25. The monoisotopic (exact) mass is 200 g/mol. The highest BCUT2D eigenvalue weighted by molar-refractivity contribution is 4.88. The molecule has 1 aliphatic heterocycles. The Labute approximate surface area is 86.0 Å². The van der Waals surface area contributed by atoms with Crippen LogP contribution in [0.3, 0.4) is 0 Å². The van der Waals surface area contributed by atoms with Gasteiger partial charge in [0.05, 0.1) is 12.9 Å². The van der Waals surface area contributed by atoms with E-state index in [9.17, 15) is 0 Å². The molecule has 0 saturated carbocycles. The molecule has 3 nitrogen and oxygen atoms in total. The van der Waals surface area contributed by atoms with E-state index in [1.165, 1.54) is 0 Å². The number of ether oxygens (including phenoxy) is 3. The molecule has 0 bridgehead atoms. The van der Waals surface area contributed by atoms with Crippen molar-refractivity contribution in [1.82, 2.24) is 0 Å². The highest BCUT2D eigenvalue weighted by Crippen LogP contribution is 2.24. The second-order valence-corrected chi connectivity index (χ2v) is 3.94. The van der Waals surface area contributed by atoms with Crippen LogP contribution in [0.5, 0.6) is 0 Å². The van der Waals surface area contributed by atoms with Crippen LogP contribution in [0.4, 0.5) is 0 Å². The molecule has 0 N–H and O–H groups in total. The van der Waals surface area contributed by atoms with E-state index in [-0.39, 0.29) is 6.10 Å². The van der Waals surface area contributed by atoms with Crippen LogP contribution in [0.1, 0.15) is 20.3 Å². The maximum atomic E-state index is 5.58. The molecule has 0 aromatic carbocycles. The lowest BCUT2D eigenvalue weighted by molar-refractivity contribution is -0.0682. The lowest BCUT2D eigenvalue weighted by Gasteiger charge is -2.30. The summed E-state index contributed by atoms with van der Waals surface area (Å²) in [6.45, 7) is 5.41. The highest BCUT2D eigenvalue weighted by atomic mass is 16.7. The molecule has 1 heterocycles. The normalized spacial score (nSPS) is 28.5. The van der Waals surface area contributed by atoms with E-state index >= 15 is 0 Å². The molecular weight excluding hydrogens is 180 g/mol. The van der Waals surface area contributed by atoms with Crippen LogP contribution in [0.2, 0.25) is 0 Å². The number of hydrogen-bond acceptors (Lipinski definition) is 3. The summed E-state index contributed by atoms with van der Waals surface area (Å²) in [5.41, 5.74) is 0. The first kappa shape index (κ1) is 11.5. The molecule has 0 aromatic heterocycles. The van der Waals surface area contributed by atoms with Gasteiger partial charge in [-0.3, -0.25) is 0 Å². The predicted molar refractivity (Wildman–Crippen MR) is 54.8 cm³/mol. The Morgan fingerprint density at radius 3 is 3.00 bits per heavy atom. The molecule has 82 valence electrons. The second kappa shape index (κ2) is 6.04. The van der Waals surface area contributed by atoms with Crippen LogP contribution in [0.15, 0.2) is 12.3 Å². The molecule has 0 saturated heterocycles. The van der Waals surface area contributed by atoms with Gasteiger partial charge in [-0.2, -0.15) is 0 Å². The molecular formula is C11H20O3. The van der Waals surface area contributed by atoms with E-state index in [4.69, 9.17) is 14.2 Å². The average molecular weight is 200 g/mol. The summed E-state index contributed by atoms with van der Waals surface area (Å²) in [5, 5.41) is 0. The van der Waals surface area contributed by atoms with Crippen LogP contribution < -0.4 is 0 Å². The molecule has 1 aliphatic rings. The minimum Gasteiger partial charge on any atom is -0.498 e. The van der Waals surface area contributed by atoms with Crippen molar-refractivity contribution in [2.45, 2.75) is 26.4 Å². The average Bonchev–Trinajstić information content (AvgIpc) is 2.18.